The van der Waals surface area contributed by atoms with E-state index in [0.717, 1.165) is 16.9 Å². The fourth-order valence-corrected chi connectivity index (χ4v) is 5.33. The molecule has 0 saturated heterocycles. The molecule has 0 radical (unpaired) electrons. The van der Waals surface area contributed by atoms with Crippen molar-refractivity contribution < 1.29 is 8.42 Å². The molecule has 4 nitrogen and oxygen atoms in total. The van der Waals surface area contributed by atoms with Gasteiger partial charge < -0.3 is 5.32 Å². The van der Waals surface area contributed by atoms with E-state index in [2.05, 4.69) is 10.0 Å². The summed E-state index contributed by atoms with van der Waals surface area (Å²) in [6.45, 7) is 2.65. The van der Waals surface area contributed by atoms with Crippen molar-refractivity contribution in [1.82, 2.24) is 10.0 Å². The van der Waals surface area contributed by atoms with E-state index in [1.54, 1.807) is 17.4 Å². The first-order valence-electron chi connectivity index (χ1n) is 6.34. The summed E-state index contributed by atoms with van der Waals surface area (Å²) in [7, 11) is -1.61. The molecule has 110 valence electrons. The van der Waals surface area contributed by atoms with Gasteiger partial charge in [0.1, 0.15) is 4.21 Å². The second-order valence-corrected chi connectivity index (χ2v) is 8.23. The lowest BCUT2D eigenvalue weighted by molar-refractivity contribution is 0.555. The smallest absolute Gasteiger partial charge is 0.250 e. The average molecular weight is 331 g/mol. The predicted octanol–water partition coefficient (Wildman–Crippen LogP) is 2.96. The summed E-state index contributed by atoms with van der Waals surface area (Å²) in [5, 5.41) is 6.85. The maximum absolute atomic E-state index is 12.4. The van der Waals surface area contributed by atoms with Crippen LogP contribution < -0.4 is 10.0 Å². The van der Waals surface area contributed by atoms with Crippen LogP contribution in [0.5, 0.6) is 0 Å². The normalized spacial score (nSPS) is 13.5. The lowest BCUT2D eigenvalue weighted by Crippen LogP contribution is -2.27. The molecule has 0 bridgehead atoms. The van der Waals surface area contributed by atoms with Crippen molar-refractivity contribution in [3.8, 4) is 0 Å². The molecule has 1 atom stereocenters. The summed E-state index contributed by atoms with van der Waals surface area (Å²) < 4.78 is 28.0. The molecule has 2 N–H and O–H groups in total. The molecule has 0 aliphatic heterocycles. The van der Waals surface area contributed by atoms with Gasteiger partial charge in [-0.15, -0.1) is 22.7 Å². The van der Waals surface area contributed by atoms with E-state index in [4.69, 9.17) is 0 Å². The van der Waals surface area contributed by atoms with E-state index in [-0.39, 0.29) is 6.04 Å². The molecule has 20 heavy (non-hydrogen) atoms. The number of hydrogen-bond donors (Lipinski definition) is 2. The molecule has 0 aliphatic carbocycles. The van der Waals surface area contributed by atoms with Gasteiger partial charge in [0.05, 0.1) is 6.04 Å². The van der Waals surface area contributed by atoms with E-state index in [1.165, 1.54) is 11.3 Å². The number of rotatable bonds is 7. The van der Waals surface area contributed by atoms with E-state index >= 15 is 0 Å². The third-order valence-electron chi connectivity index (χ3n) is 2.87. The second kappa shape index (κ2) is 6.82. The molecule has 0 aliphatic rings. The van der Waals surface area contributed by atoms with Gasteiger partial charge in [-0.3, -0.25) is 0 Å². The molecule has 1 unspecified atom stereocenters. The number of nitrogens with one attached hydrogen (secondary N) is 2. The van der Waals surface area contributed by atoms with Crippen LogP contribution >= 0.6 is 22.7 Å². The minimum Gasteiger partial charge on any atom is -0.316 e. The van der Waals surface area contributed by atoms with Gasteiger partial charge >= 0.3 is 0 Å². The van der Waals surface area contributed by atoms with Gasteiger partial charge in [0, 0.05) is 11.4 Å². The van der Waals surface area contributed by atoms with Crippen LogP contribution in [0.2, 0.25) is 0 Å². The van der Waals surface area contributed by atoms with Gasteiger partial charge in [-0.05, 0) is 41.9 Å². The Hall–Kier alpha value is -0.730. The molecule has 2 heterocycles. The predicted molar refractivity (Wildman–Crippen MR) is 84.8 cm³/mol. The van der Waals surface area contributed by atoms with Crippen molar-refractivity contribution in [2.24, 2.45) is 0 Å². The van der Waals surface area contributed by atoms with Crippen LogP contribution in [-0.4, -0.2) is 15.5 Å². The van der Waals surface area contributed by atoms with E-state index in [0.29, 0.717) is 10.8 Å². The van der Waals surface area contributed by atoms with Gasteiger partial charge in [0.2, 0.25) is 0 Å². The van der Waals surface area contributed by atoms with E-state index in [1.807, 2.05) is 36.9 Å². The van der Waals surface area contributed by atoms with Crippen molar-refractivity contribution in [1.29, 1.82) is 0 Å². The highest BCUT2D eigenvalue weighted by Crippen LogP contribution is 2.26. The average Bonchev–Trinajstić information content (AvgIpc) is 3.07. The first kappa shape index (κ1) is 15.7. The van der Waals surface area contributed by atoms with Crippen molar-refractivity contribution >= 4 is 32.7 Å². The zero-order valence-corrected chi connectivity index (χ0v) is 13.9. The highest BCUT2D eigenvalue weighted by Gasteiger charge is 2.22. The molecule has 0 saturated carbocycles. The van der Waals surface area contributed by atoms with Crippen molar-refractivity contribution in [3.63, 3.8) is 0 Å². The van der Waals surface area contributed by atoms with Crippen LogP contribution in [-0.2, 0) is 16.6 Å². The van der Waals surface area contributed by atoms with Crippen LogP contribution in [0.1, 0.15) is 29.8 Å². The topological polar surface area (TPSA) is 58.2 Å². The Morgan fingerprint density at radius 1 is 1.35 bits per heavy atom. The van der Waals surface area contributed by atoms with Crippen LogP contribution in [0.25, 0.3) is 0 Å². The molecular formula is C13H18N2O2S3. The van der Waals surface area contributed by atoms with Gasteiger partial charge in [-0.1, -0.05) is 13.0 Å². The maximum atomic E-state index is 12.4. The Morgan fingerprint density at radius 2 is 2.15 bits per heavy atom. The summed E-state index contributed by atoms with van der Waals surface area (Å²) in [5.74, 6) is 0. The lowest BCUT2D eigenvalue weighted by atomic mass is 10.2. The fourth-order valence-electron chi connectivity index (χ4n) is 1.87. The molecule has 0 spiro atoms. The zero-order chi connectivity index (χ0) is 14.6. The molecule has 7 heteroatoms. The summed E-state index contributed by atoms with van der Waals surface area (Å²) >= 11 is 2.83. The SMILES string of the molecule is CCC(NS(=O)(=O)c1cc(CNC)cs1)c1cccs1. The fraction of sp³-hybridized carbons (Fsp3) is 0.385. The Bertz CT molecular complexity index is 632. The summed E-state index contributed by atoms with van der Waals surface area (Å²) in [5.41, 5.74) is 0.988. The molecule has 2 rings (SSSR count). The molecule has 2 aromatic heterocycles. The molecule has 2 aromatic rings. The Morgan fingerprint density at radius 3 is 2.75 bits per heavy atom. The van der Waals surface area contributed by atoms with Crippen molar-refractivity contribution in [2.75, 3.05) is 7.05 Å². The summed E-state index contributed by atoms with van der Waals surface area (Å²) in [6.07, 6.45) is 0.731. The number of thiophene rings is 2. The lowest BCUT2D eigenvalue weighted by Gasteiger charge is -2.14. The molecule has 0 fully saturated rings. The molecular weight excluding hydrogens is 312 g/mol. The van der Waals surface area contributed by atoms with E-state index in [9.17, 15) is 8.42 Å². The quantitative estimate of drug-likeness (QED) is 0.820. The van der Waals surface area contributed by atoms with E-state index < -0.39 is 10.0 Å². The van der Waals surface area contributed by atoms with Crippen LogP contribution in [0.15, 0.2) is 33.2 Å². The van der Waals surface area contributed by atoms with Crippen LogP contribution in [0.3, 0.4) is 0 Å². The minimum atomic E-state index is -3.45. The Kier molecular flexibility index (Phi) is 5.34. The monoisotopic (exact) mass is 330 g/mol. The zero-order valence-electron chi connectivity index (χ0n) is 11.4. The Labute approximate surface area is 127 Å². The molecule has 0 aromatic carbocycles. The van der Waals surface area contributed by atoms with Crippen molar-refractivity contribution in [2.45, 2.75) is 30.1 Å². The first-order valence-corrected chi connectivity index (χ1v) is 9.58. The first-order chi connectivity index (χ1) is 9.56. The van der Waals surface area contributed by atoms with Gasteiger partial charge in [-0.25, -0.2) is 13.1 Å². The third kappa shape index (κ3) is 3.67. The highest BCUT2D eigenvalue weighted by atomic mass is 32.2. The standard InChI is InChI=1S/C13H18N2O2S3/c1-3-11(12-5-4-6-18-12)15-20(16,17)13-7-10(8-14-2)9-19-13/h4-7,9,11,14-15H,3,8H2,1-2H3. The van der Waals surface area contributed by atoms with Gasteiger partial charge in [0.25, 0.3) is 10.0 Å². The maximum Gasteiger partial charge on any atom is 0.250 e. The van der Waals surface area contributed by atoms with Gasteiger partial charge in [-0.2, -0.15) is 0 Å². The third-order valence-corrected chi connectivity index (χ3v) is 6.81. The van der Waals surface area contributed by atoms with Crippen LogP contribution in [0.4, 0.5) is 0 Å². The second-order valence-electron chi connectivity index (χ2n) is 4.40. The summed E-state index contributed by atoms with van der Waals surface area (Å²) in [6, 6.07) is 5.47. The molecule has 0 amide bonds. The summed E-state index contributed by atoms with van der Waals surface area (Å²) in [4.78, 5) is 1.04. The van der Waals surface area contributed by atoms with Crippen LogP contribution in [0, 0.1) is 0 Å². The van der Waals surface area contributed by atoms with Crippen molar-refractivity contribution in [3.05, 3.63) is 39.4 Å². The highest BCUT2D eigenvalue weighted by molar-refractivity contribution is 7.91. The Balaban J connectivity index is 2.17. The van der Waals surface area contributed by atoms with Gasteiger partial charge in [0.15, 0.2) is 0 Å². The number of hydrogen-bond acceptors (Lipinski definition) is 5. The number of sulfonamides is 1. The largest absolute Gasteiger partial charge is 0.316 e. The minimum absolute atomic E-state index is 0.158.